The van der Waals surface area contributed by atoms with E-state index in [0.717, 1.165) is 18.8 Å². The van der Waals surface area contributed by atoms with Crippen molar-refractivity contribution in [2.45, 2.75) is 13.3 Å². The third-order valence-corrected chi connectivity index (χ3v) is 2.93. The van der Waals surface area contributed by atoms with Crippen LogP contribution >= 0.6 is 0 Å². The molecule has 86 valence electrons. The lowest BCUT2D eigenvalue weighted by Crippen LogP contribution is -2.28. The van der Waals surface area contributed by atoms with Crippen LogP contribution in [0, 0.1) is 5.41 Å². The van der Waals surface area contributed by atoms with Crippen molar-refractivity contribution in [3.05, 3.63) is 47.7 Å². The van der Waals surface area contributed by atoms with E-state index in [0.29, 0.717) is 6.61 Å². The maximum atomic E-state index is 5.57. The Morgan fingerprint density at radius 2 is 2.06 bits per heavy atom. The Balaban J connectivity index is 2.16. The number of benzene rings is 1. The molecule has 1 heterocycles. The van der Waals surface area contributed by atoms with Crippen LogP contribution in [0.4, 0.5) is 0 Å². The van der Waals surface area contributed by atoms with E-state index in [2.05, 4.69) is 30.3 Å². The molecule has 0 saturated carbocycles. The highest BCUT2D eigenvalue weighted by atomic mass is 16.5. The fraction of sp³-hybridized carbons (Fsp3) is 0.429. The van der Waals surface area contributed by atoms with Crippen molar-refractivity contribution in [1.29, 1.82) is 0 Å². The van der Waals surface area contributed by atoms with E-state index in [1.807, 2.05) is 13.0 Å². The summed E-state index contributed by atoms with van der Waals surface area (Å²) < 4.78 is 10.9. The maximum absolute atomic E-state index is 5.57. The Bertz CT molecular complexity index is 370. The van der Waals surface area contributed by atoms with E-state index in [1.165, 1.54) is 5.56 Å². The summed E-state index contributed by atoms with van der Waals surface area (Å²) in [6.07, 6.45) is 3.17. The van der Waals surface area contributed by atoms with Crippen molar-refractivity contribution >= 4 is 0 Å². The molecule has 0 N–H and O–H groups in total. The highest BCUT2D eigenvalue weighted by molar-refractivity contribution is 5.21. The average Bonchev–Trinajstić information content (AvgIpc) is 2.62. The SMILES string of the molecule is COCC1(Cc2ccccc2)C=C(C)OC1. The van der Waals surface area contributed by atoms with Gasteiger partial charge >= 0.3 is 0 Å². The van der Waals surface area contributed by atoms with Crippen molar-refractivity contribution in [1.82, 2.24) is 0 Å². The first-order valence-electron chi connectivity index (χ1n) is 5.59. The monoisotopic (exact) mass is 218 g/mol. The van der Waals surface area contributed by atoms with Gasteiger partial charge in [0.25, 0.3) is 0 Å². The van der Waals surface area contributed by atoms with Crippen LogP contribution in [-0.2, 0) is 15.9 Å². The summed E-state index contributed by atoms with van der Waals surface area (Å²) >= 11 is 0. The van der Waals surface area contributed by atoms with E-state index in [4.69, 9.17) is 9.47 Å². The van der Waals surface area contributed by atoms with Crippen molar-refractivity contribution in [2.75, 3.05) is 20.3 Å². The molecule has 1 aliphatic heterocycles. The fourth-order valence-corrected chi connectivity index (χ4v) is 2.30. The number of allylic oxidation sites excluding steroid dienone is 1. The summed E-state index contributed by atoms with van der Waals surface area (Å²) in [7, 11) is 1.74. The summed E-state index contributed by atoms with van der Waals surface area (Å²) in [5.41, 5.74) is 1.34. The van der Waals surface area contributed by atoms with Crippen LogP contribution in [0.3, 0.4) is 0 Å². The van der Waals surface area contributed by atoms with Crippen molar-refractivity contribution < 1.29 is 9.47 Å². The zero-order valence-electron chi connectivity index (χ0n) is 9.90. The van der Waals surface area contributed by atoms with Crippen molar-refractivity contribution in [2.24, 2.45) is 5.41 Å². The summed E-state index contributed by atoms with van der Waals surface area (Å²) in [6.45, 7) is 3.43. The molecule has 0 spiro atoms. The molecule has 0 amide bonds. The van der Waals surface area contributed by atoms with Gasteiger partial charge in [0.15, 0.2) is 0 Å². The Morgan fingerprint density at radius 3 is 2.62 bits per heavy atom. The molecule has 0 radical (unpaired) electrons. The fourth-order valence-electron chi connectivity index (χ4n) is 2.30. The van der Waals surface area contributed by atoms with Gasteiger partial charge in [-0.1, -0.05) is 30.3 Å². The minimum atomic E-state index is 0.0141. The molecule has 0 aliphatic carbocycles. The van der Waals surface area contributed by atoms with Gasteiger partial charge in [-0.25, -0.2) is 0 Å². The zero-order chi connectivity index (χ0) is 11.4. The minimum absolute atomic E-state index is 0.0141. The van der Waals surface area contributed by atoms with Gasteiger partial charge in [0.1, 0.15) is 0 Å². The molecule has 16 heavy (non-hydrogen) atoms. The minimum Gasteiger partial charge on any atom is -0.498 e. The Labute approximate surface area is 96.9 Å². The van der Waals surface area contributed by atoms with Gasteiger partial charge in [-0.2, -0.15) is 0 Å². The molecule has 1 unspecified atom stereocenters. The van der Waals surface area contributed by atoms with Crippen LogP contribution < -0.4 is 0 Å². The first-order valence-corrected chi connectivity index (χ1v) is 5.59. The topological polar surface area (TPSA) is 18.5 Å². The van der Waals surface area contributed by atoms with Gasteiger partial charge in [0, 0.05) is 7.11 Å². The van der Waals surface area contributed by atoms with Crippen LogP contribution in [-0.4, -0.2) is 20.3 Å². The first kappa shape index (κ1) is 11.2. The molecule has 2 nitrogen and oxygen atoms in total. The number of hydrogen-bond donors (Lipinski definition) is 0. The predicted molar refractivity (Wildman–Crippen MR) is 64.2 cm³/mol. The standard InChI is InChI=1S/C14H18O2/c1-12-8-14(10-15-2,11-16-12)9-13-6-4-3-5-7-13/h3-8H,9-11H2,1-2H3. The molecule has 1 atom stereocenters. The highest BCUT2D eigenvalue weighted by Gasteiger charge is 2.33. The predicted octanol–water partition coefficient (Wildman–Crippen LogP) is 2.80. The van der Waals surface area contributed by atoms with Gasteiger partial charge in [-0.15, -0.1) is 0 Å². The Kier molecular flexibility index (Phi) is 3.30. The number of rotatable bonds is 4. The van der Waals surface area contributed by atoms with Gasteiger partial charge < -0.3 is 9.47 Å². The Morgan fingerprint density at radius 1 is 1.31 bits per heavy atom. The Hall–Kier alpha value is -1.28. The lowest BCUT2D eigenvalue weighted by molar-refractivity contribution is 0.0725. The van der Waals surface area contributed by atoms with E-state index in [9.17, 15) is 0 Å². The van der Waals surface area contributed by atoms with Gasteiger partial charge in [-0.05, 0) is 25.0 Å². The van der Waals surface area contributed by atoms with Crippen molar-refractivity contribution in [3.8, 4) is 0 Å². The second-order valence-corrected chi connectivity index (χ2v) is 4.50. The molecule has 0 fully saturated rings. The number of hydrogen-bond acceptors (Lipinski definition) is 2. The van der Waals surface area contributed by atoms with E-state index in [-0.39, 0.29) is 5.41 Å². The number of methoxy groups -OCH3 is 1. The van der Waals surface area contributed by atoms with Crippen molar-refractivity contribution in [3.63, 3.8) is 0 Å². The van der Waals surface area contributed by atoms with Crippen LogP contribution in [0.5, 0.6) is 0 Å². The first-order chi connectivity index (χ1) is 7.74. The molecular weight excluding hydrogens is 200 g/mol. The zero-order valence-corrected chi connectivity index (χ0v) is 9.90. The lowest BCUT2D eigenvalue weighted by Gasteiger charge is -2.24. The summed E-state index contributed by atoms with van der Waals surface area (Å²) in [6, 6.07) is 10.5. The van der Waals surface area contributed by atoms with Crippen LogP contribution in [0.2, 0.25) is 0 Å². The molecule has 2 heteroatoms. The van der Waals surface area contributed by atoms with Crippen LogP contribution in [0.15, 0.2) is 42.2 Å². The van der Waals surface area contributed by atoms with Gasteiger partial charge in [0.05, 0.1) is 24.4 Å². The average molecular weight is 218 g/mol. The van der Waals surface area contributed by atoms with Crippen LogP contribution in [0.25, 0.3) is 0 Å². The molecular formula is C14H18O2. The lowest BCUT2D eigenvalue weighted by atomic mass is 9.83. The molecule has 1 aliphatic rings. The largest absolute Gasteiger partial charge is 0.498 e. The summed E-state index contributed by atoms with van der Waals surface area (Å²) in [5, 5.41) is 0. The quantitative estimate of drug-likeness (QED) is 0.773. The van der Waals surface area contributed by atoms with E-state index in [1.54, 1.807) is 7.11 Å². The van der Waals surface area contributed by atoms with E-state index < -0.39 is 0 Å². The molecule has 0 aromatic heterocycles. The molecule has 0 saturated heterocycles. The smallest absolute Gasteiger partial charge is 0.0994 e. The molecule has 1 aromatic rings. The highest BCUT2D eigenvalue weighted by Crippen LogP contribution is 2.33. The second-order valence-electron chi connectivity index (χ2n) is 4.50. The van der Waals surface area contributed by atoms with Crippen LogP contribution in [0.1, 0.15) is 12.5 Å². The normalized spacial score (nSPS) is 24.0. The molecule has 1 aromatic carbocycles. The number of ether oxygens (including phenoxy) is 2. The summed E-state index contributed by atoms with van der Waals surface area (Å²) in [4.78, 5) is 0. The maximum Gasteiger partial charge on any atom is 0.0994 e. The molecule has 0 bridgehead atoms. The molecule has 2 rings (SSSR count). The third-order valence-electron chi connectivity index (χ3n) is 2.93. The van der Waals surface area contributed by atoms with Gasteiger partial charge in [0.2, 0.25) is 0 Å². The van der Waals surface area contributed by atoms with E-state index >= 15 is 0 Å². The van der Waals surface area contributed by atoms with Gasteiger partial charge in [-0.3, -0.25) is 0 Å². The second kappa shape index (κ2) is 4.71. The third kappa shape index (κ3) is 2.45. The summed E-state index contributed by atoms with van der Waals surface area (Å²) in [5.74, 6) is 1.01.